The van der Waals surface area contributed by atoms with E-state index in [0.717, 1.165) is 31.7 Å². The fourth-order valence-corrected chi connectivity index (χ4v) is 2.09. The predicted octanol–water partition coefficient (Wildman–Crippen LogP) is 0.549. The van der Waals surface area contributed by atoms with Gasteiger partial charge in [-0.3, -0.25) is 4.79 Å². The van der Waals surface area contributed by atoms with Crippen molar-refractivity contribution in [2.75, 3.05) is 36.9 Å². The number of carbonyl (C=O) groups excluding carboxylic acids is 2. The molecule has 1 aromatic rings. The van der Waals surface area contributed by atoms with Gasteiger partial charge in [-0.05, 0) is 25.0 Å². The molecule has 1 saturated heterocycles. The van der Waals surface area contributed by atoms with Gasteiger partial charge in [-0.25, -0.2) is 9.78 Å². The zero-order chi connectivity index (χ0) is 14.4. The molecule has 0 radical (unpaired) electrons. The number of pyridine rings is 1. The van der Waals surface area contributed by atoms with Crippen LogP contribution in [0, 0.1) is 0 Å². The molecule has 20 heavy (non-hydrogen) atoms. The zero-order valence-corrected chi connectivity index (χ0v) is 11.5. The van der Waals surface area contributed by atoms with E-state index in [0.29, 0.717) is 5.69 Å². The van der Waals surface area contributed by atoms with Crippen molar-refractivity contribution in [2.24, 2.45) is 0 Å². The van der Waals surface area contributed by atoms with Gasteiger partial charge in [-0.1, -0.05) is 0 Å². The molecule has 7 nitrogen and oxygen atoms in total. The van der Waals surface area contributed by atoms with Crippen molar-refractivity contribution in [1.82, 2.24) is 15.6 Å². The first-order chi connectivity index (χ1) is 9.70. The highest BCUT2D eigenvalue weighted by Crippen LogP contribution is 2.25. The van der Waals surface area contributed by atoms with Crippen LogP contribution in [0.15, 0.2) is 18.3 Å². The number of urea groups is 1. The van der Waals surface area contributed by atoms with Crippen molar-refractivity contribution in [3.63, 3.8) is 0 Å². The minimum Gasteiger partial charge on any atom is -0.358 e. The number of nitrogens with one attached hydrogen (secondary N) is 3. The maximum absolute atomic E-state index is 11.8. The first kappa shape index (κ1) is 14.1. The Kier molecular flexibility index (Phi) is 4.75. The molecular weight excluding hydrogens is 258 g/mol. The molecule has 1 aliphatic rings. The first-order valence-corrected chi connectivity index (χ1v) is 6.66. The second-order valence-electron chi connectivity index (χ2n) is 4.55. The van der Waals surface area contributed by atoms with Crippen LogP contribution in [0.2, 0.25) is 0 Å². The summed E-state index contributed by atoms with van der Waals surface area (Å²) in [5.41, 5.74) is 0.656. The number of nitrogens with zero attached hydrogens (tertiary/aromatic N) is 2. The van der Waals surface area contributed by atoms with E-state index < -0.39 is 6.03 Å². The molecule has 1 aromatic heterocycles. The van der Waals surface area contributed by atoms with Gasteiger partial charge in [0.15, 0.2) is 5.82 Å². The molecule has 108 valence electrons. The summed E-state index contributed by atoms with van der Waals surface area (Å²) in [4.78, 5) is 29.3. The number of anilines is 2. The smallest absolute Gasteiger partial charge is 0.319 e. The van der Waals surface area contributed by atoms with Gasteiger partial charge in [-0.15, -0.1) is 0 Å². The first-order valence-electron chi connectivity index (χ1n) is 6.66. The van der Waals surface area contributed by atoms with Gasteiger partial charge in [0, 0.05) is 26.3 Å². The van der Waals surface area contributed by atoms with Crippen LogP contribution in [-0.2, 0) is 4.79 Å². The van der Waals surface area contributed by atoms with E-state index in [1.54, 1.807) is 18.3 Å². The highest BCUT2D eigenvalue weighted by atomic mass is 16.2. The van der Waals surface area contributed by atoms with Gasteiger partial charge in [0.25, 0.3) is 0 Å². The van der Waals surface area contributed by atoms with Crippen LogP contribution in [-0.4, -0.2) is 43.6 Å². The van der Waals surface area contributed by atoms with E-state index in [9.17, 15) is 9.59 Å². The summed E-state index contributed by atoms with van der Waals surface area (Å²) in [6, 6.07) is 3.16. The van der Waals surface area contributed by atoms with Crippen LogP contribution in [0.25, 0.3) is 0 Å². The zero-order valence-electron chi connectivity index (χ0n) is 11.5. The lowest BCUT2D eigenvalue weighted by Gasteiger charge is -2.20. The minimum absolute atomic E-state index is 0.0539. The Morgan fingerprint density at radius 3 is 2.80 bits per heavy atom. The summed E-state index contributed by atoms with van der Waals surface area (Å²) in [6.45, 7) is 1.85. The van der Waals surface area contributed by atoms with Crippen LogP contribution in [0.3, 0.4) is 0 Å². The van der Waals surface area contributed by atoms with Gasteiger partial charge in [-0.2, -0.15) is 0 Å². The Morgan fingerprint density at radius 2 is 2.10 bits per heavy atom. The van der Waals surface area contributed by atoms with Gasteiger partial charge >= 0.3 is 6.03 Å². The summed E-state index contributed by atoms with van der Waals surface area (Å²) in [5, 5.41) is 7.66. The van der Waals surface area contributed by atoms with E-state index in [2.05, 4.69) is 25.8 Å². The van der Waals surface area contributed by atoms with Gasteiger partial charge in [0.1, 0.15) is 0 Å². The molecule has 0 bridgehead atoms. The standard InChI is InChI=1S/C13H19N5O2/c1-14-11(19)9-16-13(20)17-10-5-4-6-15-12(10)18-7-2-3-8-18/h4-6H,2-3,7-9H2,1H3,(H,14,19)(H2,16,17,20). The lowest BCUT2D eigenvalue weighted by atomic mass is 10.3. The number of amides is 3. The topological polar surface area (TPSA) is 86.4 Å². The van der Waals surface area contributed by atoms with E-state index in [1.807, 2.05) is 0 Å². The van der Waals surface area contributed by atoms with E-state index in [4.69, 9.17) is 0 Å². The van der Waals surface area contributed by atoms with Gasteiger partial charge < -0.3 is 20.9 Å². The van der Waals surface area contributed by atoms with E-state index in [1.165, 1.54) is 7.05 Å². The number of likely N-dealkylation sites (N-methyl/N-ethyl adjacent to an activating group) is 1. The molecule has 0 unspecified atom stereocenters. The fourth-order valence-electron chi connectivity index (χ4n) is 2.09. The molecule has 0 atom stereocenters. The third-order valence-electron chi connectivity index (χ3n) is 3.13. The van der Waals surface area contributed by atoms with Crippen LogP contribution >= 0.6 is 0 Å². The second-order valence-corrected chi connectivity index (χ2v) is 4.55. The van der Waals surface area contributed by atoms with Crippen molar-refractivity contribution in [2.45, 2.75) is 12.8 Å². The maximum Gasteiger partial charge on any atom is 0.319 e. The molecule has 1 fully saturated rings. The molecule has 3 N–H and O–H groups in total. The average molecular weight is 277 g/mol. The van der Waals surface area contributed by atoms with Crippen molar-refractivity contribution in [3.8, 4) is 0 Å². The molecule has 2 heterocycles. The molecule has 3 amide bonds. The molecular formula is C13H19N5O2. The van der Waals surface area contributed by atoms with Gasteiger partial charge in [0.05, 0.1) is 12.2 Å². The monoisotopic (exact) mass is 277 g/mol. The molecule has 0 aliphatic carbocycles. The van der Waals surface area contributed by atoms with E-state index in [-0.39, 0.29) is 12.5 Å². The Labute approximate surface area is 117 Å². The lowest BCUT2D eigenvalue weighted by Crippen LogP contribution is -2.37. The predicted molar refractivity (Wildman–Crippen MR) is 76.8 cm³/mol. The average Bonchev–Trinajstić information content (AvgIpc) is 2.99. The second kappa shape index (κ2) is 6.74. The third kappa shape index (κ3) is 3.59. The van der Waals surface area contributed by atoms with Crippen LogP contribution in [0.1, 0.15) is 12.8 Å². The van der Waals surface area contributed by atoms with Crippen LogP contribution in [0.5, 0.6) is 0 Å². The number of aromatic nitrogens is 1. The van der Waals surface area contributed by atoms with Crippen molar-refractivity contribution in [3.05, 3.63) is 18.3 Å². The van der Waals surface area contributed by atoms with Crippen LogP contribution in [0.4, 0.5) is 16.3 Å². The molecule has 0 saturated carbocycles. The Hall–Kier alpha value is -2.31. The summed E-state index contributed by atoms with van der Waals surface area (Å²) in [5.74, 6) is 0.534. The highest BCUT2D eigenvalue weighted by Gasteiger charge is 2.17. The molecule has 1 aliphatic heterocycles. The Balaban J connectivity index is 1.98. The Morgan fingerprint density at radius 1 is 1.35 bits per heavy atom. The molecule has 7 heteroatoms. The van der Waals surface area contributed by atoms with E-state index >= 15 is 0 Å². The molecule has 0 spiro atoms. The number of hydrogen-bond donors (Lipinski definition) is 3. The quantitative estimate of drug-likeness (QED) is 0.750. The normalized spacial score (nSPS) is 13.9. The van der Waals surface area contributed by atoms with Crippen molar-refractivity contribution in [1.29, 1.82) is 0 Å². The fraction of sp³-hybridized carbons (Fsp3) is 0.462. The number of hydrogen-bond acceptors (Lipinski definition) is 4. The summed E-state index contributed by atoms with van der Waals surface area (Å²) in [7, 11) is 1.52. The summed E-state index contributed by atoms with van der Waals surface area (Å²) >= 11 is 0. The minimum atomic E-state index is -0.415. The Bertz CT molecular complexity index is 485. The SMILES string of the molecule is CNC(=O)CNC(=O)Nc1cccnc1N1CCCC1. The maximum atomic E-state index is 11.8. The highest BCUT2D eigenvalue weighted by molar-refractivity contribution is 5.94. The largest absolute Gasteiger partial charge is 0.358 e. The van der Waals surface area contributed by atoms with Crippen LogP contribution < -0.4 is 20.9 Å². The number of rotatable bonds is 4. The third-order valence-corrected chi connectivity index (χ3v) is 3.13. The summed E-state index contributed by atoms with van der Waals surface area (Å²) < 4.78 is 0. The number of carbonyl (C=O) groups is 2. The lowest BCUT2D eigenvalue weighted by molar-refractivity contribution is -0.119. The molecule has 0 aromatic carbocycles. The van der Waals surface area contributed by atoms with Crippen molar-refractivity contribution >= 4 is 23.4 Å². The molecule has 2 rings (SSSR count). The summed E-state index contributed by atoms with van der Waals surface area (Å²) in [6.07, 6.45) is 3.99. The van der Waals surface area contributed by atoms with Crippen molar-refractivity contribution < 1.29 is 9.59 Å². The van der Waals surface area contributed by atoms with Gasteiger partial charge in [0.2, 0.25) is 5.91 Å².